The summed E-state index contributed by atoms with van der Waals surface area (Å²) in [5.41, 5.74) is -2.55. The number of aromatic nitrogens is 1. The lowest BCUT2D eigenvalue weighted by Gasteiger charge is -2.28. The van der Waals surface area contributed by atoms with E-state index < -0.39 is 33.4 Å². The summed E-state index contributed by atoms with van der Waals surface area (Å²) in [7, 11) is -2.80. The van der Waals surface area contributed by atoms with Crippen molar-refractivity contribution in [2.45, 2.75) is 56.8 Å². The first-order chi connectivity index (χ1) is 14.7. The normalized spacial score (nSPS) is 13.7. The number of aryl methyl sites for hydroxylation is 2. The van der Waals surface area contributed by atoms with Gasteiger partial charge in [-0.25, -0.2) is 18.0 Å². The quantitative estimate of drug-likeness (QED) is 0.389. The van der Waals surface area contributed by atoms with E-state index in [-0.39, 0.29) is 23.6 Å². The van der Waals surface area contributed by atoms with Crippen molar-refractivity contribution in [3.8, 4) is 0 Å². The fourth-order valence-electron chi connectivity index (χ4n) is 2.63. The highest BCUT2D eigenvalue weighted by Gasteiger charge is 2.40. The van der Waals surface area contributed by atoms with E-state index in [0.717, 1.165) is 7.11 Å². The van der Waals surface area contributed by atoms with Gasteiger partial charge in [0.25, 0.3) is 10.0 Å². The molecule has 2 rings (SSSR count). The van der Waals surface area contributed by atoms with E-state index in [1.807, 2.05) is 0 Å². The molecule has 12 heteroatoms. The molecular formula is C20H27N3O8S. The number of aliphatic hydroxyl groups is 1. The molecule has 2 aromatic rings. The molecule has 0 spiro atoms. The van der Waals surface area contributed by atoms with Gasteiger partial charge in [-0.1, -0.05) is 17.3 Å². The summed E-state index contributed by atoms with van der Waals surface area (Å²) in [5.74, 6) is -0.547. The average molecular weight is 470 g/mol. The van der Waals surface area contributed by atoms with Gasteiger partial charge < -0.3 is 19.1 Å². The number of anilines is 1. The number of hydrogen-bond acceptors (Lipinski definition) is 9. The molecule has 0 saturated carbocycles. The number of benzene rings is 1. The van der Waals surface area contributed by atoms with E-state index in [0.29, 0.717) is 11.3 Å². The standard InChI is InChI=1S/C20H27N3O8S/c1-13-12-16(22-31-13)23-32(27,28)15-8-6-14(7-9-15)10-11-20(26,17(24)29-5)21-18(25)30-19(2,3)4/h6-9,12,26H,10-11H2,1-5H3,(H,21,25)(H,22,23). The van der Waals surface area contributed by atoms with Crippen LogP contribution in [0, 0.1) is 6.92 Å². The van der Waals surface area contributed by atoms with Crippen LogP contribution in [0.5, 0.6) is 0 Å². The molecule has 0 saturated heterocycles. The van der Waals surface area contributed by atoms with Gasteiger partial charge in [0.2, 0.25) is 5.72 Å². The Morgan fingerprint density at radius 1 is 1.19 bits per heavy atom. The van der Waals surface area contributed by atoms with Gasteiger partial charge >= 0.3 is 12.1 Å². The van der Waals surface area contributed by atoms with Gasteiger partial charge in [-0.2, -0.15) is 0 Å². The minimum Gasteiger partial charge on any atom is -0.465 e. The Hall–Kier alpha value is -3.12. The number of amides is 1. The second kappa shape index (κ2) is 9.57. The lowest BCUT2D eigenvalue weighted by molar-refractivity contribution is -0.166. The fraction of sp³-hybridized carbons (Fsp3) is 0.450. The predicted molar refractivity (Wildman–Crippen MR) is 113 cm³/mol. The van der Waals surface area contributed by atoms with Crippen LogP contribution in [0.2, 0.25) is 0 Å². The molecule has 1 amide bonds. The van der Waals surface area contributed by atoms with E-state index in [9.17, 15) is 23.1 Å². The average Bonchev–Trinajstić information content (AvgIpc) is 3.08. The highest BCUT2D eigenvalue weighted by atomic mass is 32.2. The molecule has 0 bridgehead atoms. The number of nitrogens with one attached hydrogen (secondary N) is 2. The third-order valence-electron chi connectivity index (χ3n) is 4.11. The van der Waals surface area contributed by atoms with Crippen LogP contribution in [0.4, 0.5) is 10.6 Å². The zero-order chi connectivity index (χ0) is 24.2. The zero-order valence-electron chi connectivity index (χ0n) is 18.5. The number of hydrogen-bond donors (Lipinski definition) is 3. The Morgan fingerprint density at radius 2 is 1.81 bits per heavy atom. The summed E-state index contributed by atoms with van der Waals surface area (Å²) in [5, 5.41) is 16.4. The van der Waals surface area contributed by atoms with E-state index in [2.05, 4.69) is 19.9 Å². The summed E-state index contributed by atoms with van der Waals surface area (Å²) in [4.78, 5) is 24.1. The fourth-order valence-corrected chi connectivity index (χ4v) is 3.61. The first-order valence-electron chi connectivity index (χ1n) is 9.61. The molecule has 11 nitrogen and oxygen atoms in total. The summed E-state index contributed by atoms with van der Waals surface area (Å²) < 4.78 is 41.7. The molecule has 1 unspecified atom stereocenters. The maximum atomic E-state index is 12.4. The number of rotatable bonds is 8. The number of carbonyl (C=O) groups is 2. The van der Waals surface area contributed by atoms with Crippen molar-refractivity contribution in [1.29, 1.82) is 0 Å². The van der Waals surface area contributed by atoms with Crippen LogP contribution >= 0.6 is 0 Å². The molecule has 1 aromatic carbocycles. The van der Waals surface area contributed by atoms with Crippen molar-refractivity contribution in [2.24, 2.45) is 0 Å². The van der Waals surface area contributed by atoms with E-state index in [1.54, 1.807) is 27.7 Å². The van der Waals surface area contributed by atoms with Crippen molar-refractivity contribution in [1.82, 2.24) is 10.5 Å². The van der Waals surface area contributed by atoms with E-state index in [4.69, 9.17) is 9.26 Å². The Morgan fingerprint density at radius 3 is 2.31 bits per heavy atom. The van der Waals surface area contributed by atoms with Gasteiger partial charge in [0.1, 0.15) is 11.4 Å². The topological polar surface area (TPSA) is 157 Å². The zero-order valence-corrected chi connectivity index (χ0v) is 19.3. The molecule has 32 heavy (non-hydrogen) atoms. The number of methoxy groups -OCH3 is 1. The maximum Gasteiger partial charge on any atom is 0.410 e. The van der Waals surface area contributed by atoms with Crippen LogP contribution < -0.4 is 10.0 Å². The summed E-state index contributed by atoms with van der Waals surface area (Å²) in [6, 6.07) is 7.21. The summed E-state index contributed by atoms with van der Waals surface area (Å²) in [6.07, 6.45) is -1.10. The van der Waals surface area contributed by atoms with Crippen molar-refractivity contribution < 1.29 is 37.1 Å². The van der Waals surface area contributed by atoms with Crippen molar-refractivity contribution in [3.05, 3.63) is 41.7 Å². The van der Waals surface area contributed by atoms with Crippen LogP contribution in [0.1, 0.15) is 38.5 Å². The number of nitrogens with zero attached hydrogens (tertiary/aromatic N) is 1. The molecule has 1 heterocycles. The van der Waals surface area contributed by atoms with Gasteiger partial charge in [0, 0.05) is 12.5 Å². The molecular weight excluding hydrogens is 442 g/mol. The molecule has 0 aliphatic rings. The Labute approximate surface area is 186 Å². The summed E-state index contributed by atoms with van der Waals surface area (Å²) in [6.45, 7) is 6.54. The Balaban J connectivity index is 2.08. The van der Waals surface area contributed by atoms with Gasteiger partial charge in [-0.15, -0.1) is 0 Å². The lowest BCUT2D eigenvalue weighted by atomic mass is 10.0. The van der Waals surface area contributed by atoms with Crippen LogP contribution in [-0.4, -0.2) is 49.2 Å². The predicted octanol–water partition coefficient (Wildman–Crippen LogP) is 2.10. The minimum atomic E-state index is -3.88. The first kappa shape index (κ1) is 25.1. The van der Waals surface area contributed by atoms with Gasteiger partial charge in [-0.05, 0) is 51.8 Å². The Bertz CT molecular complexity index is 1060. The molecule has 3 N–H and O–H groups in total. The first-order valence-corrected chi connectivity index (χ1v) is 11.1. The molecule has 1 aromatic heterocycles. The second-order valence-electron chi connectivity index (χ2n) is 8.05. The molecule has 0 fully saturated rings. The third-order valence-corrected chi connectivity index (χ3v) is 5.48. The largest absolute Gasteiger partial charge is 0.465 e. The van der Waals surface area contributed by atoms with Gasteiger partial charge in [-0.3, -0.25) is 10.0 Å². The number of esters is 1. The molecule has 176 valence electrons. The van der Waals surface area contributed by atoms with Gasteiger partial charge in [0.15, 0.2) is 5.82 Å². The number of sulfonamides is 1. The van der Waals surface area contributed by atoms with Crippen LogP contribution in [0.15, 0.2) is 39.8 Å². The third kappa shape index (κ3) is 6.95. The van der Waals surface area contributed by atoms with Gasteiger partial charge in [0.05, 0.1) is 12.0 Å². The van der Waals surface area contributed by atoms with Crippen molar-refractivity contribution in [3.63, 3.8) is 0 Å². The van der Waals surface area contributed by atoms with Crippen molar-refractivity contribution >= 4 is 27.9 Å². The highest BCUT2D eigenvalue weighted by Crippen LogP contribution is 2.19. The van der Waals surface area contributed by atoms with Crippen LogP contribution in [0.25, 0.3) is 0 Å². The SMILES string of the molecule is COC(=O)C(O)(CCc1ccc(S(=O)(=O)Nc2cc(C)on2)cc1)NC(=O)OC(C)(C)C. The number of alkyl carbamates (subject to hydrolysis) is 1. The highest BCUT2D eigenvalue weighted by molar-refractivity contribution is 7.92. The maximum absolute atomic E-state index is 12.4. The minimum absolute atomic E-state index is 0.0167. The van der Waals surface area contributed by atoms with Crippen LogP contribution in [-0.2, 0) is 30.7 Å². The second-order valence-corrected chi connectivity index (χ2v) is 9.73. The number of carbonyl (C=O) groups excluding carboxylic acids is 2. The summed E-state index contributed by atoms with van der Waals surface area (Å²) >= 11 is 0. The Kier molecular flexibility index (Phi) is 7.52. The molecule has 0 aliphatic carbocycles. The molecule has 0 radical (unpaired) electrons. The molecule has 1 atom stereocenters. The lowest BCUT2D eigenvalue weighted by Crippen LogP contribution is -2.56. The van der Waals surface area contributed by atoms with Crippen molar-refractivity contribution in [2.75, 3.05) is 11.8 Å². The van der Waals surface area contributed by atoms with E-state index in [1.165, 1.54) is 30.3 Å². The van der Waals surface area contributed by atoms with E-state index >= 15 is 0 Å². The van der Waals surface area contributed by atoms with Crippen LogP contribution in [0.3, 0.4) is 0 Å². The number of ether oxygens (including phenoxy) is 2. The monoisotopic (exact) mass is 469 g/mol. The molecule has 0 aliphatic heterocycles. The smallest absolute Gasteiger partial charge is 0.410 e.